The number of carbonyl (C=O) groups is 1. The predicted molar refractivity (Wildman–Crippen MR) is 113 cm³/mol. The number of hydrogen-bond acceptors (Lipinski definition) is 6. The maximum absolute atomic E-state index is 12.6. The largest absolute Gasteiger partial charge is 0.496 e. The molecule has 29 heavy (non-hydrogen) atoms. The van der Waals surface area contributed by atoms with Gasteiger partial charge in [0.1, 0.15) is 10.6 Å². The summed E-state index contributed by atoms with van der Waals surface area (Å²) in [6.45, 7) is 1.92. The van der Waals surface area contributed by atoms with Crippen LogP contribution in [0.15, 0.2) is 53.4 Å². The number of thiazole rings is 1. The SMILES string of the molecule is COc1ccccc1CNC(=O)c1sc(NS(=O)(=O)c2ccc(Cl)cc2)nc1C. The number of nitrogens with zero attached hydrogens (tertiary/aromatic N) is 1. The van der Waals surface area contributed by atoms with E-state index in [9.17, 15) is 13.2 Å². The summed E-state index contributed by atoms with van der Waals surface area (Å²) in [5.41, 5.74) is 1.26. The van der Waals surface area contributed by atoms with Gasteiger partial charge in [0.15, 0.2) is 5.13 Å². The summed E-state index contributed by atoms with van der Waals surface area (Å²) in [5, 5.41) is 3.35. The molecule has 2 aromatic carbocycles. The first kappa shape index (κ1) is 21.1. The quantitative estimate of drug-likeness (QED) is 0.568. The fraction of sp³-hybridized carbons (Fsp3) is 0.158. The number of nitrogens with one attached hydrogen (secondary N) is 2. The first-order valence-electron chi connectivity index (χ1n) is 8.46. The molecule has 2 N–H and O–H groups in total. The maximum Gasteiger partial charge on any atom is 0.263 e. The summed E-state index contributed by atoms with van der Waals surface area (Å²) >= 11 is 6.76. The highest BCUT2D eigenvalue weighted by molar-refractivity contribution is 7.93. The van der Waals surface area contributed by atoms with Gasteiger partial charge in [0.05, 0.1) is 17.7 Å². The van der Waals surface area contributed by atoms with Crippen LogP contribution >= 0.6 is 22.9 Å². The molecule has 0 aliphatic heterocycles. The number of carbonyl (C=O) groups excluding carboxylic acids is 1. The molecule has 0 radical (unpaired) electrons. The molecule has 1 amide bonds. The first-order valence-corrected chi connectivity index (χ1v) is 11.1. The van der Waals surface area contributed by atoms with Crippen molar-refractivity contribution >= 4 is 44.0 Å². The van der Waals surface area contributed by atoms with Gasteiger partial charge in [-0.05, 0) is 37.3 Å². The molecule has 3 aromatic rings. The van der Waals surface area contributed by atoms with Gasteiger partial charge in [-0.3, -0.25) is 9.52 Å². The summed E-state index contributed by atoms with van der Waals surface area (Å²) in [6, 6.07) is 13.1. The average molecular weight is 452 g/mol. The van der Waals surface area contributed by atoms with Gasteiger partial charge in [-0.15, -0.1) is 0 Å². The third kappa shape index (κ3) is 5.06. The van der Waals surface area contributed by atoms with E-state index in [-0.39, 0.29) is 22.5 Å². The van der Waals surface area contributed by atoms with Crippen molar-refractivity contribution in [1.29, 1.82) is 0 Å². The fourth-order valence-electron chi connectivity index (χ4n) is 2.54. The number of halogens is 1. The van der Waals surface area contributed by atoms with Crippen LogP contribution in [0.1, 0.15) is 20.9 Å². The van der Waals surface area contributed by atoms with Crippen LogP contribution in [-0.4, -0.2) is 26.4 Å². The molecule has 7 nitrogen and oxygen atoms in total. The standard InChI is InChI=1S/C19H18ClN3O4S2/c1-12-17(18(24)21-11-13-5-3-4-6-16(13)27-2)28-19(22-12)23-29(25,26)15-9-7-14(20)8-10-15/h3-10H,11H2,1-2H3,(H,21,24)(H,22,23). The number of ether oxygens (including phenoxy) is 1. The van der Waals surface area contributed by atoms with Crippen LogP contribution in [0, 0.1) is 6.92 Å². The first-order chi connectivity index (χ1) is 13.8. The van der Waals surface area contributed by atoms with Crippen molar-refractivity contribution in [1.82, 2.24) is 10.3 Å². The van der Waals surface area contributed by atoms with Gasteiger partial charge >= 0.3 is 0 Å². The number of anilines is 1. The average Bonchev–Trinajstić information content (AvgIpc) is 3.06. The zero-order valence-corrected chi connectivity index (χ0v) is 18.0. The Balaban J connectivity index is 1.72. The van der Waals surface area contributed by atoms with Crippen molar-refractivity contribution in [2.45, 2.75) is 18.4 Å². The topological polar surface area (TPSA) is 97.4 Å². The van der Waals surface area contributed by atoms with Crippen LogP contribution in [0.5, 0.6) is 5.75 Å². The van der Waals surface area contributed by atoms with Crippen LogP contribution in [0.25, 0.3) is 0 Å². The van der Waals surface area contributed by atoms with Crippen LogP contribution in [0.3, 0.4) is 0 Å². The fourth-order valence-corrected chi connectivity index (χ4v) is 4.79. The van der Waals surface area contributed by atoms with E-state index in [0.29, 0.717) is 21.3 Å². The molecule has 152 valence electrons. The van der Waals surface area contributed by atoms with Crippen molar-refractivity contribution in [3.63, 3.8) is 0 Å². The molecular weight excluding hydrogens is 434 g/mol. The second-order valence-corrected chi connectivity index (χ2v) is 9.11. The Morgan fingerprint density at radius 1 is 1.17 bits per heavy atom. The lowest BCUT2D eigenvalue weighted by molar-refractivity contribution is 0.0954. The lowest BCUT2D eigenvalue weighted by Crippen LogP contribution is -2.22. The molecule has 0 fully saturated rings. The molecule has 0 aliphatic carbocycles. The monoisotopic (exact) mass is 451 g/mol. The van der Waals surface area contributed by atoms with E-state index in [2.05, 4.69) is 15.0 Å². The third-order valence-corrected chi connectivity index (χ3v) is 6.79. The van der Waals surface area contributed by atoms with Crippen LogP contribution in [0.4, 0.5) is 5.13 Å². The highest BCUT2D eigenvalue weighted by atomic mass is 35.5. The van der Waals surface area contributed by atoms with E-state index in [0.717, 1.165) is 16.9 Å². The smallest absolute Gasteiger partial charge is 0.263 e. The summed E-state index contributed by atoms with van der Waals surface area (Å²) in [7, 11) is -2.27. The highest BCUT2D eigenvalue weighted by Gasteiger charge is 2.20. The van der Waals surface area contributed by atoms with Crippen molar-refractivity contribution in [2.24, 2.45) is 0 Å². The van der Waals surface area contributed by atoms with Crippen LogP contribution in [0.2, 0.25) is 5.02 Å². The number of aryl methyl sites for hydroxylation is 1. The van der Waals surface area contributed by atoms with E-state index >= 15 is 0 Å². The second kappa shape index (κ2) is 8.81. The predicted octanol–water partition coefficient (Wildman–Crippen LogP) is 3.84. The minimum atomic E-state index is -3.83. The second-order valence-electron chi connectivity index (χ2n) is 5.99. The number of para-hydroxylation sites is 1. The van der Waals surface area contributed by atoms with Gasteiger partial charge in [-0.2, -0.15) is 0 Å². The Morgan fingerprint density at radius 3 is 2.55 bits per heavy atom. The van der Waals surface area contributed by atoms with Crippen molar-refractivity contribution in [3.05, 3.63) is 69.7 Å². The lowest BCUT2D eigenvalue weighted by atomic mass is 10.2. The van der Waals surface area contributed by atoms with E-state index < -0.39 is 10.0 Å². The van der Waals surface area contributed by atoms with E-state index in [1.165, 1.54) is 24.3 Å². The molecule has 3 rings (SSSR count). The summed E-state index contributed by atoms with van der Waals surface area (Å²) in [5.74, 6) is 0.327. The van der Waals surface area contributed by atoms with Crippen LogP contribution < -0.4 is 14.8 Å². The Hall–Kier alpha value is -2.62. The number of sulfonamides is 1. The van der Waals surface area contributed by atoms with Gasteiger partial charge in [-0.1, -0.05) is 41.1 Å². The number of aromatic nitrogens is 1. The molecule has 0 bridgehead atoms. The molecule has 1 aromatic heterocycles. The molecule has 0 saturated heterocycles. The number of rotatable bonds is 7. The molecule has 1 heterocycles. The third-order valence-electron chi connectivity index (χ3n) is 3.98. The Morgan fingerprint density at radius 2 is 1.86 bits per heavy atom. The van der Waals surface area contributed by atoms with Gasteiger partial charge in [0.2, 0.25) is 0 Å². The molecular formula is C19H18ClN3O4S2. The van der Waals surface area contributed by atoms with E-state index in [4.69, 9.17) is 16.3 Å². The van der Waals surface area contributed by atoms with Gasteiger partial charge in [0, 0.05) is 17.1 Å². The Labute approximate surface area is 177 Å². The summed E-state index contributed by atoms with van der Waals surface area (Å²) in [6.07, 6.45) is 0. The molecule has 0 spiro atoms. The van der Waals surface area contributed by atoms with E-state index in [1.807, 2.05) is 24.3 Å². The minimum absolute atomic E-state index is 0.0527. The summed E-state index contributed by atoms with van der Waals surface area (Å²) in [4.78, 5) is 17.1. The maximum atomic E-state index is 12.6. The van der Waals surface area contributed by atoms with Crippen molar-refractivity contribution in [2.75, 3.05) is 11.8 Å². The molecule has 0 aliphatic rings. The zero-order chi connectivity index (χ0) is 21.0. The molecule has 10 heteroatoms. The number of benzene rings is 2. The number of hydrogen-bond donors (Lipinski definition) is 2. The zero-order valence-electron chi connectivity index (χ0n) is 15.6. The Bertz CT molecular complexity index is 1130. The van der Waals surface area contributed by atoms with Gasteiger partial charge in [0.25, 0.3) is 15.9 Å². The van der Waals surface area contributed by atoms with Gasteiger partial charge < -0.3 is 10.1 Å². The summed E-state index contributed by atoms with van der Waals surface area (Å²) < 4.78 is 32.6. The molecule has 0 atom stereocenters. The highest BCUT2D eigenvalue weighted by Crippen LogP contribution is 2.26. The molecule has 0 saturated carbocycles. The lowest BCUT2D eigenvalue weighted by Gasteiger charge is -2.09. The normalized spacial score (nSPS) is 11.1. The van der Waals surface area contributed by atoms with E-state index in [1.54, 1.807) is 14.0 Å². The number of amides is 1. The van der Waals surface area contributed by atoms with Crippen molar-refractivity contribution in [3.8, 4) is 5.75 Å². The van der Waals surface area contributed by atoms with Crippen LogP contribution in [-0.2, 0) is 16.6 Å². The Kier molecular flexibility index (Phi) is 6.41. The van der Waals surface area contributed by atoms with Gasteiger partial charge in [-0.25, -0.2) is 13.4 Å². The van der Waals surface area contributed by atoms with Crippen molar-refractivity contribution < 1.29 is 17.9 Å². The number of methoxy groups -OCH3 is 1. The molecule has 0 unspecified atom stereocenters. The minimum Gasteiger partial charge on any atom is -0.496 e.